The molecule has 0 atom stereocenters. The molecule has 0 radical (unpaired) electrons. The molecule has 0 aliphatic carbocycles. The van der Waals surface area contributed by atoms with E-state index in [4.69, 9.17) is 5.73 Å². The summed E-state index contributed by atoms with van der Waals surface area (Å²) in [4.78, 5) is 13.9. The number of piperidine rings is 1. The summed E-state index contributed by atoms with van der Waals surface area (Å²) in [5, 5.41) is 0. The molecule has 1 amide bonds. The van der Waals surface area contributed by atoms with Crippen LogP contribution < -0.4 is 5.73 Å². The van der Waals surface area contributed by atoms with E-state index in [1.807, 2.05) is 0 Å². The first kappa shape index (κ1) is 14.7. The SMILES string of the molecule is CC1CCN(C(=O)c2cc(C(F)(F)F)ccc2N)CC1. The van der Waals surface area contributed by atoms with Crippen molar-refractivity contribution in [1.29, 1.82) is 0 Å². The van der Waals surface area contributed by atoms with Crippen molar-refractivity contribution in [1.82, 2.24) is 4.90 Å². The summed E-state index contributed by atoms with van der Waals surface area (Å²) in [5.41, 5.74) is 4.83. The van der Waals surface area contributed by atoms with Crippen molar-refractivity contribution in [3.63, 3.8) is 0 Å². The molecule has 1 fully saturated rings. The summed E-state index contributed by atoms with van der Waals surface area (Å²) < 4.78 is 38.1. The Morgan fingerprint density at radius 1 is 1.30 bits per heavy atom. The van der Waals surface area contributed by atoms with Gasteiger partial charge in [0.25, 0.3) is 5.91 Å². The second-order valence-electron chi connectivity index (χ2n) is 5.27. The molecule has 0 spiro atoms. The van der Waals surface area contributed by atoms with Gasteiger partial charge in [0.2, 0.25) is 0 Å². The monoisotopic (exact) mass is 286 g/mol. The molecule has 20 heavy (non-hydrogen) atoms. The quantitative estimate of drug-likeness (QED) is 0.806. The average molecular weight is 286 g/mol. The molecule has 1 aliphatic rings. The highest BCUT2D eigenvalue weighted by Crippen LogP contribution is 2.32. The molecule has 2 rings (SSSR count). The second-order valence-corrected chi connectivity index (χ2v) is 5.27. The molecule has 0 saturated carbocycles. The Bertz CT molecular complexity index is 506. The summed E-state index contributed by atoms with van der Waals surface area (Å²) >= 11 is 0. The standard InChI is InChI=1S/C14H17F3N2O/c1-9-4-6-19(7-5-9)13(20)11-8-10(14(15,16)17)2-3-12(11)18/h2-3,8-9H,4-7,18H2,1H3. The number of carbonyl (C=O) groups is 1. The maximum absolute atomic E-state index is 12.7. The fourth-order valence-corrected chi connectivity index (χ4v) is 2.30. The Morgan fingerprint density at radius 3 is 2.45 bits per heavy atom. The molecule has 1 saturated heterocycles. The topological polar surface area (TPSA) is 46.3 Å². The number of hydrogen-bond donors (Lipinski definition) is 1. The summed E-state index contributed by atoms with van der Waals surface area (Å²) in [7, 11) is 0. The van der Waals surface area contributed by atoms with Crippen LogP contribution in [0.3, 0.4) is 0 Å². The molecule has 2 N–H and O–H groups in total. The third-order valence-electron chi connectivity index (χ3n) is 3.68. The van der Waals surface area contributed by atoms with Crippen LogP contribution in [0.2, 0.25) is 0 Å². The highest BCUT2D eigenvalue weighted by atomic mass is 19.4. The lowest BCUT2D eigenvalue weighted by Gasteiger charge is -2.30. The third kappa shape index (κ3) is 3.05. The van der Waals surface area contributed by atoms with Crippen molar-refractivity contribution in [2.45, 2.75) is 25.9 Å². The minimum absolute atomic E-state index is 0.0608. The first-order valence-corrected chi connectivity index (χ1v) is 6.55. The van der Waals surface area contributed by atoms with E-state index in [1.165, 1.54) is 0 Å². The molecular formula is C14H17F3N2O. The van der Waals surface area contributed by atoms with Gasteiger partial charge in [-0.1, -0.05) is 6.92 Å². The van der Waals surface area contributed by atoms with E-state index >= 15 is 0 Å². The largest absolute Gasteiger partial charge is 0.416 e. The molecule has 1 aliphatic heterocycles. The number of halogens is 3. The zero-order valence-electron chi connectivity index (χ0n) is 11.2. The fourth-order valence-electron chi connectivity index (χ4n) is 2.30. The van der Waals surface area contributed by atoms with Gasteiger partial charge >= 0.3 is 6.18 Å². The number of alkyl halides is 3. The van der Waals surface area contributed by atoms with Gasteiger partial charge in [0.1, 0.15) is 0 Å². The predicted molar refractivity (Wildman–Crippen MR) is 70.2 cm³/mol. The van der Waals surface area contributed by atoms with Gasteiger partial charge in [-0.3, -0.25) is 4.79 Å². The van der Waals surface area contributed by atoms with Crippen LogP contribution in [0.4, 0.5) is 18.9 Å². The van der Waals surface area contributed by atoms with E-state index in [9.17, 15) is 18.0 Å². The minimum Gasteiger partial charge on any atom is -0.398 e. The number of carbonyl (C=O) groups excluding carboxylic acids is 1. The highest BCUT2D eigenvalue weighted by Gasteiger charge is 2.32. The Morgan fingerprint density at radius 2 is 1.90 bits per heavy atom. The smallest absolute Gasteiger partial charge is 0.398 e. The van der Waals surface area contributed by atoms with E-state index in [0.29, 0.717) is 19.0 Å². The van der Waals surface area contributed by atoms with E-state index in [0.717, 1.165) is 31.0 Å². The molecule has 1 aromatic carbocycles. The van der Waals surface area contributed by atoms with Crippen LogP contribution in [-0.2, 0) is 6.18 Å². The van der Waals surface area contributed by atoms with Crippen molar-refractivity contribution in [3.8, 4) is 0 Å². The van der Waals surface area contributed by atoms with Crippen LogP contribution >= 0.6 is 0 Å². The van der Waals surface area contributed by atoms with E-state index in [2.05, 4.69) is 6.92 Å². The number of benzene rings is 1. The molecule has 1 heterocycles. The number of likely N-dealkylation sites (tertiary alicyclic amines) is 1. The zero-order chi connectivity index (χ0) is 14.9. The van der Waals surface area contributed by atoms with Crippen LogP contribution in [0.25, 0.3) is 0 Å². The maximum atomic E-state index is 12.7. The molecule has 6 heteroatoms. The Labute approximate surface area is 115 Å². The average Bonchev–Trinajstić information content (AvgIpc) is 2.38. The van der Waals surface area contributed by atoms with E-state index in [-0.39, 0.29) is 11.3 Å². The summed E-state index contributed by atoms with van der Waals surface area (Å²) in [6, 6.07) is 2.88. The minimum atomic E-state index is -4.47. The Balaban J connectivity index is 2.25. The van der Waals surface area contributed by atoms with Crippen molar-refractivity contribution in [2.75, 3.05) is 18.8 Å². The number of nitrogens with zero attached hydrogens (tertiary/aromatic N) is 1. The first-order valence-electron chi connectivity index (χ1n) is 6.55. The van der Waals surface area contributed by atoms with Crippen LogP contribution in [0.15, 0.2) is 18.2 Å². The van der Waals surface area contributed by atoms with Crippen molar-refractivity contribution >= 4 is 11.6 Å². The maximum Gasteiger partial charge on any atom is 0.416 e. The first-order chi connectivity index (χ1) is 9.29. The summed E-state index contributed by atoms with van der Waals surface area (Å²) in [5.74, 6) is 0.124. The van der Waals surface area contributed by atoms with E-state index < -0.39 is 17.6 Å². The summed E-state index contributed by atoms with van der Waals surface area (Å²) in [6.07, 6.45) is -2.74. The molecule has 3 nitrogen and oxygen atoms in total. The van der Waals surface area contributed by atoms with Gasteiger partial charge in [0.15, 0.2) is 0 Å². The van der Waals surface area contributed by atoms with Crippen LogP contribution in [0, 0.1) is 5.92 Å². The lowest BCUT2D eigenvalue weighted by atomic mass is 9.98. The van der Waals surface area contributed by atoms with Crippen molar-refractivity contribution < 1.29 is 18.0 Å². The number of hydrogen-bond acceptors (Lipinski definition) is 2. The number of anilines is 1. The molecular weight excluding hydrogens is 269 g/mol. The van der Waals surface area contributed by atoms with Gasteiger partial charge in [-0.25, -0.2) is 0 Å². The van der Waals surface area contributed by atoms with Crippen molar-refractivity contribution in [2.24, 2.45) is 5.92 Å². The van der Waals surface area contributed by atoms with Crippen LogP contribution in [0.1, 0.15) is 35.7 Å². The van der Waals surface area contributed by atoms with Gasteiger partial charge in [0.05, 0.1) is 11.1 Å². The molecule has 0 bridgehead atoms. The lowest BCUT2D eigenvalue weighted by molar-refractivity contribution is -0.137. The second kappa shape index (κ2) is 5.34. The number of nitrogens with two attached hydrogens (primary N) is 1. The Hall–Kier alpha value is -1.72. The van der Waals surface area contributed by atoms with Gasteiger partial charge < -0.3 is 10.6 Å². The third-order valence-corrected chi connectivity index (χ3v) is 3.68. The Kier molecular flexibility index (Phi) is 3.92. The summed E-state index contributed by atoms with van der Waals surface area (Å²) in [6.45, 7) is 3.23. The fraction of sp³-hybridized carbons (Fsp3) is 0.500. The van der Waals surface area contributed by atoms with Gasteiger partial charge in [0, 0.05) is 18.8 Å². The van der Waals surface area contributed by atoms with Gasteiger partial charge in [-0.05, 0) is 37.0 Å². The predicted octanol–water partition coefficient (Wildman–Crippen LogP) is 3.16. The van der Waals surface area contributed by atoms with E-state index in [1.54, 1.807) is 4.90 Å². The zero-order valence-corrected chi connectivity index (χ0v) is 11.2. The molecule has 0 unspecified atom stereocenters. The molecule has 110 valence electrons. The number of nitrogen functional groups attached to an aromatic ring is 1. The number of rotatable bonds is 1. The highest BCUT2D eigenvalue weighted by molar-refractivity contribution is 5.99. The van der Waals surface area contributed by atoms with Gasteiger partial charge in [-0.2, -0.15) is 13.2 Å². The lowest BCUT2D eigenvalue weighted by Crippen LogP contribution is -2.38. The normalized spacial score (nSPS) is 17.3. The van der Waals surface area contributed by atoms with Gasteiger partial charge in [-0.15, -0.1) is 0 Å². The molecule has 0 aromatic heterocycles. The van der Waals surface area contributed by atoms with Crippen molar-refractivity contribution in [3.05, 3.63) is 29.3 Å². The number of amides is 1. The van der Waals surface area contributed by atoms with Crippen LogP contribution in [0.5, 0.6) is 0 Å². The van der Waals surface area contributed by atoms with Crippen LogP contribution in [-0.4, -0.2) is 23.9 Å². The molecule has 1 aromatic rings.